The lowest BCUT2D eigenvalue weighted by Crippen LogP contribution is -2.22. The van der Waals surface area contributed by atoms with Crippen molar-refractivity contribution in [3.8, 4) is 0 Å². The first kappa shape index (κ1) is 12.3. The van der Waals surface area contributed by atoms with Crippen LogP contribution in [0.2, 0.25) is 0 Å². The first-order valence-corrected chi connectivity index (χ1v) is 6.47. The van der Waals surface area contributed by atoms with Crippen LogP contribution in [-0.2, 0) is 0 Å². The fourth-order valence-electron chi connectivity index (χ4n) is 1.82. The molecule has 17 heavy (non-hydrogen) atoms. The molecule has 1 heterocycles. The Hall–Kier alpha value is -1.13. The minimum absolute atomic E-state index is 0.260. The Bertz CT molecular complexity index is 450. The van der Waals surface area contributed by atoms with Crippen LogP contribution in [0.25, 0.3) is 0 Å². The van der Waals surface area contributed by atoms with Crippen molar-refractivity contribution in [1.82, 2.24) is 15.5 Å². The van der Waals surface area contributed by atoms with Gasteiger partial charge in [0, 0.05) is 22.8 Å². The van der Waals surface area contributed by atoms with Crippen molar-refractivity contribution in [1.29, 1.82) is 0 Å². The normalized spacial score (nSPS) is 14.5. The van der Waals surface area contributed by atoms with Gasteiger partial charge in [-0.05, 0) is 37.6 Å². The minimum Gasteiger partial charge on any atom is -0.302 e. The van der Waals surface area contributed by atoms with Crippen LogP contribution >= 0.6 is 15.9 Å². The Labute approximate surface area is 110 Å². The Balaban J connectivity index is 2.01. The average molecular weight is 294 g/mol. The maximum absolute atomic E-state index is 3.96. The number of hydrogen-bond donors (Lipinski definition) is 2. The molecule has 0 amide bonds. The van der Waals surface area contributed by atoms with E-state index in [9.17, 15) is 0 Å². The van der Waals surface area contributed by atoms with E-state index in [1.54, 1.807) is 6.20 Å². The van der Waals surface area contributed by atoms with E-state index in [2.05, 4.69) is 69.6 Å². The summed E-state index contributed by atoms with van der Waals surface area (Å²) in [6.45, 7) is 4.29. The molecule has 0 aliphatic carbocycles. The molecule has 0 aliphatic heterocycles. The van der Waals surface area contributed by atoms with Crippen molar-refractivity contribution in [2.24, 2.45) is 0 Å². The van der Waals surface area contributed by atoms with Crippen LogP contribution in [0.5, 0.6) is 0 Å². The van der Waals surface area contributed by atoms with Gasteiger partial charge in [-0.15, -0.1) is 0 Å². The molecular formula is C13H16BrN3. The van der Waals surface area contributed by atoms with Crippen LogP contribution < -0.4 is 5.32 Å². The van der Waals surface area contributed by atoms with E-state index < -0.39 is 0 Å². The third-order valence-corrected chi connectivity index (χ3v) is 3.39. The molecule has 4 heteroatoms. The second-order valence-corrected chi connectivity index (χ2v) is 5.09. The maximum Gasteiger partial charge on any atom is 0.0518 e. The quantitative estimate of drug-likeness (QED) is 0.904. The lowest BCUT2D eigenvalue weighted by atomic mass is 10.1. The van der Waals surface area contributed by atoms with Gasteiger partial charge in [0.15, 0.2) is 0 Å². The molecule has 0 saturated carbocycles. The van der Waals surface area contributed by atoms with Gasteiger partial charge >= 0.3 is 0 Å². The lowest BCUT2D eigenvalue weighted by Gasteiger charge is -2.19. The third kappa shape index (κ3) is 3.17. The molecule has 3 nitrogen and oxygen atoms in total. The topological polar surface area (TPSA) is 40.7 Å². The molecule has 0 radical (unpaired) electrons. The smallest absolute Gasteiger partial charge is 0.0518 e. The second-order valence-electron chi connectivity index (χ2n) is 4.17. The van der Waals surface area contributed by atoms with Crippen molar-refractivity contribution in [2.45, 2.75) is 25.9 Å². The molecule has 0 bridgehead atoms. The van der Waals surface area contributed by atoms with E-state index >= 15 is 0 Å². The molecule has 2 atom stereocenters. The number of nitrogens with one attached hydrogen (secondary N) is 2. The van der Waals surface area contributed by atoms with Crippen molar-refractivity contribution < 1.29 is 0 Å². The summed E-state index contributed by atoms with van der Waals surface area (Å²) in [6, 6.07) is 10.9. The number of aromatic amines is 1. The molecule has 1 aromatic carbocycles. The van der Waals surface area contributed by atoms with Crippen LogP contribution in [0.4, 0.5) is 0 Å². The number of hydrogen-bond acceptors (Lipinski definition) is 2. The number of halogens is 1. The first-order valence-electron chi connectivity index (χ1n) is 5.67. The van der Waals surface area contributed by atoms with Gasteiger partial charge in [0.25, 0.3) is 0 Å². The highest BCUT2D eigenvalue weighted by Crippen LogP contribution is 2.19. The summed E-state index contributed by atoms with van der Waals surface area (Å²) in [5.74, 6) is 0. The summed E-state index contributed by atoms with van der Waals surface area (Å²) in [5, 5.41) is 10.5. The van der Waals surface area contributed by atoms with E-state index in [0.29, 0.717) is 6.04 Å². The summed E-state index contributed by atoms with van der Waals surface area (Å²) in [4.78, 5) is 0. The highest BCUT2D eigenvalue weighted by molar-refractivity contribution is 9.10. The van der Waals surface area contributed by atoms with Crippen LogP contribution in [-0.4, -0.2) is 10.2 Å². The molecule has 0 aliphatic rings. The van der Waals surface area contributed by atoms with Gasteiger partial charge in [0.05, 0.1) is 5.69 Å². The monoisotopic (exact) mass is 293 g/mol. The van der Waals surface area contributed by atoms with Crippen molar-refractivity contribution >= 4 is 15.9 Å². The molecule has 2 aromatic rings. The summed E-state index contributed by atoms with van der Waals surface area (Å²) in [7, 11) is 0. The van der Waals surface area contributed by atoms with Gasteiger partial charge in [-0.1, -0.05) is 28.1 Å². The van der Waals surface area contributed by atoms with E-state index in [1.807, 2.05) is 6.07 Å². The van der Waals surface area contributed by atoms with Crippen molar-refractivity contribution in [3.63, 3.8) is 0 Å². The molecule has 0 fully saturated rings. The number of rotatable bonds is 4. The van der Waals surface area contributed by atoms with Crippen LogP contribution in [0.1, 0.15) is 37.2 Å². The molecule has 1 unspecified atom stereocenters. The van der Waals surface area contributed by atoms with Crippen LogP contribution in [0, 0.1) is 0 Å². The third-order valence-electron chi connectivity index (χ3n) is 2.86. The molecule has 2 N–H and O–H groups in total. The molecule has 2 rings (SSSR count). The Morgan fingerprint density at radius 3 is 2.41 bits per heavy atom. The fraction of sp³-hybridized carbons (Fsp3) is 0.308. The number of aromatic nitrogens is 2. The van der Waals surface area contributed by atoms with E-state index in [0.717, 1.165) is 10.2 Å². The Morgan fingerprint density at radius 2 is 1.82 bits per heavy atom. The second kappa shape index (κ2) is 5.47. The lowest BCUT2D eigenvalue weighted by molar-refractivity contribution is 0.485. The standard InChI is InChI=1S/C13H16BrN3/c1-9(11-3-5-12(14)6-4-11)16-10(2)13-7-8-15-17-13/h3-10,16H,1-2H3,(H,15,17)/t9-,10?/m1/s1. The van der Waals surface area contributed by atoms with Gasteiger partial charge in [-0.3, -0.25) is 5.10 Å². The van der Waals surface area contributed by atoms with Gasteiger partial charge in [-0.25, -0.2) is 0 Å². The van der Waals surface area contributed by atoms with Gasteiger partial charge in [0.1, 0.15) is 0 Å². The summed E-state index contributed by atoms with van der Waals surface area (Å²) >= 11 is 3.44. The number of H-pyrrole nitrogens is 1. The molecule has 0 saturated heterocycles. The van der Waals surface area contributed by atoms with Crippen molar-refractivity contribution in [2.75, 3.05) is 0 Å². The Kier molecular flexibility index (Phi) is 3.97. The SMILES string of the molecule is CC(N[C@H](C)c1ccc(Br)cc1)c1ccn[nH]1. The van der Waals surface area contributed by atoms with Gasteiger partial charge in [0.2, 0.25) is 0 Å². The summed E-state index contributed by atoms with van der Waals surface area (Å²) < 4.78 is 1.11. The number of benzene rings is 1. The first-order chi connectivity index (χ1) is 8.16. The molecule has 1 aromatic heterocycles. The average Bonchev–Trinajstić information content (AvgIpc) is 2.83. The maximum atomic E-state index is 3.96. The van der Waals surface area contributed by atoms with Crippen LogP contribution in [0.3, 0.4) is 0 Å². The molecule has 90 valence electrons. The Morgan fingerprint density at radius 1 is 1.12 bits per heavy atom. The zero-order valence-electron chi connectivity index (χ0n) is 9.94. The predicted molar refractivity (Wildman–Crippen MR) is 72.7 cm³/mol. The summed E-state index contributed by atoms with van der Waals surface area (Å²) in [5.41, 5.74) is 2.38. The van der Waals surface area contributed by atoms with Gasteiger partial charge in [-0.2, -0.15) is 5.10 Å². The van der Waals surface area contributed by atoms with E-state index in [4.69, 9.17) is 0 Å². The van der Waals surface area contributed by atoms with Crippen LogP contribution in [0.15, 0.2) is 41.0 Å². The zero-order chi connectivity index (χ0) is 12.3. The zero-order valence-corrected chi connectivity index (χ0v) is 11.5. The fourth-order valence-corrected chi connectivity index (χ4v) is 2.08. The predicted octanol–water partition coefficient (Wildman–Crippen LogP) is 3.58. The number of nitrogens with zero attached hydrogens (tertiary/aromatic N) is 1. The van der Waals surface area contributed by atoms with Crippen molar-refractivity contribution in [3.05, 3.63) is 52.3 Å². The largest absolute Gasteiger partial charge is 0.302 e. The van der Waals surface area contributed by atoms with Gasteiger partial charge < -0.3 is 5.32 Å². The molecular weight excluding hydrogens is 278 g/mol. The highest BCUT2D eigenvalue weighted by atomic mass is 79.9. The molecule has 0 spiro atoms. The highest BCUT2D eigenvalue weighted by Gasteiger charge is 2.11. The summed E-state index contributed by atoms with van der Waals surface area (Å²) in [6.07, 6.45) is 1.78. The van der Waals surface area contributed by atoms with E-state index in [-0.39, 0.29) is 6.04 Å². The minimum atomic E-state index is 0.260. The van der Waals surface area contributed by atoms with E-state index in [1.165, 1.54) is 5.56 Å².